The van der Waals surface area contributed by atoms with Crippen LogP contribution in [0.4, 0.5) is 0 Å². The van der Waals surface area contributed by atoms with E-state index in [0.717, 1.165) is 31.4 Å². The summed E-state index contributed by atoms with van der Waals surface area (Å²) in [5.41, 5.74) is 0.852. The molecule has 1 aliphatic carbocycles. The van der Waals surface area contributed by atoms with Gasteiger partial charge in [-0.2, -0.15) is 0 Å². The quantitative estimate of drug-likeness (QED) is 0.807. The van der Waals surface area contributed by atoms with Crippen molar-refractivity contribution in [2.45, 2.75) is 32.1 Å². The smallest absolute Gasteiger partial charge is 0.227 e. The monoisotopic (exact) mass is 360 g/mol. The predicted octanol–water partition coefficient (Wildman–Crippen LogP) is 2.11. The summed E-state index contributed by atoms with van der Waals surface area (Å²) in [6.45, 7) is 2.70. The minimum absolute atomic E-state index is 0.0754. The van der Waals surface area contributed by atoms with Crippen molar-refractivity contribution < 1.29 is 19.1 Å². The highest BCUT2D eigenvalue weighted by molar-refractivity contribution is 5.81. The minimum atomic E-state index is 0.0754. The second-order valence-corrected chi connectivity index (χ2v) is 7.04. The fourth-order valence-corrected chi connectivity index (χ4v) is 3.57. The molecular weight excluding hydrogens is 332 g/mol. The number of methoxy groups -OCH3 is 2. The number of ether oxygens (including phenoxy) is 2. The highest BCUT2D eigenvalue weighted by atomic mass is 16.5. The Labute approximate surface area is 155 Å². The molecular formula is C20H28N2O4. The van der Waals surface area contributed by atoms with Gasteiger partial charge in [-0.3, -0.25) is 9.59 Å². The summed E-state index contributed by atoms with van der Waals surface area (Å²) in [4.78, 5) is 29.0. The van der Waals surface area contributed by atoms with Gasteiger partial charge in [0.05, 0.1) is 20.6 Å². The lowest BCUT2D eigenvalue weighted by molar-refractivity contribution is -0.138. The lowest BCUT2D eigenvalue weighted by Crippen LogP contribution is -2.41. The fourth-order valence-electron chi connectivity index (χ4n) is 3.57. The Kier molecular flexibility index (Phi) is 6.01. The predicted molar refractivity (Wildman–Crippen MR) is 98.4 cm³/mol. The van der Waals surface area contributed by atoms with Gasteiger partial charge in [-0.15, -0.1) is 0 Å². The molecule has 2 fully saturated rings. The number of benzene rings is 1. The second-order valence-electron chi connectivity index (χ2n) is 7.04. The van der Waals surface area contributed by atoms with Gasteiger partial charge in [0.2, 0.25) is 11.8 Å². The molecule has 6 heteroatoms. The normalized spacial score (nSPS) is 18.1. The van der Waals surface area contributed by atoms with E-state index in [1.54, 1.807) is 20.3 Å². The standard InChI is InChI=1S/C20H28N2O4/c1-25-17-8-7-16(18(14-17)26-2)13-19(23)21-9-4-10-22(12-11-21)20(24)15-5-3-6-15/h7-8,14-15H,3-6,9-13H2,1-2H3. The molecule has 26 heavy (non-hydrogen) atoms. The Bertz CT molecular complexity index is 657. The van der Waals surface area contributed by atoms with Crippen LogP contribution in [0.1, 0.15) is 31.2 Å². The van der Waals surface area contributed by atoms with E-state index in [0.29, 0.717) is 37.6 Å². The van der Waals surface area contributed by atoms with Crippen LogP contribution in [-0.2, 0) is 16.0 Å². The molecule has 0 N–H and O–H groups in total. The number of carbonyl (C=O) groups is 2. The number of hydrogen-bond acceptors (Lipinski definition) is 4. The molecule has 0 bridgehead atoms. The van der Waals surface area contributed by atoms with Gasteiger partial charge in [0.15, 0.2) is 0 Å². The molecule has 1 aromatic rings. The van der Waals surface area contributed by atoms with Crippen LogP contribution in [-0.4, -0.2) is 62.0 Å². The van der Waals surface area contributed by atoms with Crippen LogP contribution in [0.5, 0.6) is 11.5 Å². The highest BCUT2D eigenvalue weighted by Crippen LogP contribution is 2.29. The first-order chi connectivity index (χ1) is 12.6. The first-order valence-electron chi connectivity index (χ1n) is 9.40. The molecule has 2 amide bonds. The largest absolute Gasteiger partial charge is 0.497 e. The topological polar surface area (TPSA) is 59.1 Å². The van der Waals surface area contributed by atoms with E-state index in [-0.39, 0.29) is 17.7 Å². The zero-order valence-corrected chi connectivity index (χ0v) is 15.7. The Morgan fingerprint density at radius 3 is 2.38 bits per heavy atom. The van der Waals surface area contributed by atoms with E-state index >= 15 is 0 Å². The van der Waals surface area contributed by atoms with Crippen molar-refractivity contribution in [1.82, 2.24) is 9.80 Å². The van der Waals surface area contributed by atoms with Crippen molar-refractivity contribution in [2.75, 3.05) is 40.4 Å². The Hall–Kier alpha value is -2.24. The summed E-state index contributed by atoms with van der Waals surface area (Å²) < 4.78 is 10.6. The third kappa shape index (κ3) is 4.11. The Morgan fingerprint density at radius 1 is 1.00 bits per heavy atom. The maximum Gasteiger partial charge on any atom is 0.227 e. The lowest BCUT2D eigenvalue weighted by Gasteiger charge is -2.31. The van der Waals surface area contributed by atoms with E-state index in [9.17, 15) is 9.59 Å². The van der Waals surface area contributed by atoms with Crippen LogP contribution in [0, 0.1) is 5.92 Å². The van der Waals surface area contributed by atoms with Gasteiger partial charge in [-0.05, 0) is 25.3 Å². The number of amides is 2. The van der Waals surface area contributed by atoms with E-state index in [1.807, 2.05) is 21.9 Å². The maximum absolute atomic E-state index is 12.8. The first kappa shape index (κ1) is 18.5. The highest BCUT2D eigenvalue weighted by Gasteiger charge is 2.31. The van der Waals surface area contributed by atoms with E-state index in [2.05, 4.69) is 0 Å². The number of hydrogen-bond donors (Lipinski definition) is 0. The van der Waals surface area contributed by atoms with Gasteiger partial charge in [-0.25, -0.2) is 0 Å². The van der Waals surface area contributed by atoms with Crippen LogP contribution in [0.3, 0.4) is 0 Å². The molecule has 1 saturated heterocycles. The van der Waals surface area contributed by atoms with Crippen LogP contribution < -0.4 is 9.47 Å². The van der Waals surface area contributed by atoms with Crippen LogP contribution in [0.2, 0.25) is 0 Å². The molecule has 6 nitrogen and oxygen atoms in total. The van der Waals surface area contributed by atoms with Crippen LogP contribution in [0.15, 0.2) is 18.2 Å². The fraction of sp³-hybridized carbons (Fsp3) is 0.600. The zero-order chi connectivity index (χ0) is 18.5. The van der Waals surface area contributed by atoms with Gasteiger partial charge in [-0.1, -0.05) is 12.5 Å². The lowest BCUT2D eigenvalue weighted by atomic mass is 9.84. The van der Waals surface area contributed by atoms with E-state index < -0.39 is 0 Å². The Balaban J connectivity index is 1.59. The van der Waals surface area contributed by atoms with E-state index in [4.69, 9.17) is 9.47 Å². The molecule has 0 radical (unpaired) electrons. The number of carbonyl (C=O) groups excluding carboxylic acids is 2. The molecule has 1 aliphatic heterocycles. The Morgan fingerprint density at radius 2 is 1.73 bits per heavy atom. The summed E-state index contributed by atoms with van der Waals surface area (Å²) in [5, 5.41) is 0. The van der Waals surface area contributed by atoms with E-state index in [1.165, 1.54) is 6.42 Å². The van der Waals surface area contributed by atoms with Crippen molar-refractivity contribution in [3.63, 3.8) is 0 Å². The van der Waals surface area contributed by atoms with Crippen molar-refractivity contribution in [1.29, 1.82) is 0 Å². The molecule has 142 valence electrons. The summed E-state index contributed by atoms with van der Waals surface area (Å²) in [6, 6.07) is 5.51. The van der Waals surface area contributed by atoms with Gasteiger partial charge in [0.1, 0.15) is 11.5 Å². The molecule has 1 saturated carbocycles. The summed E-state index contributed by atoms with van der Waals surface area (Å²) in [5.74, 6) is 1.95. The minimum Gasteiger partial charge on any atom is -0.497 e. The summed E-state index contributed by atoms with van der Waals surface area (Å²) >= 11 is 0. The van der Waals surface area contributed by atoms with Crippen LogP contribution in [0.25, 0.3) is 0 Å². The second kappa shape index (κ2) is 8.43. The van der Waals surface area contributed by atoms with Gasteiger partial charge >= 0.3 is 0 Å². The SMILES string of the molecule is COc1ccc(CC(=O)N2CCCN(C(=O)C3CCC3)CC2)c(OC)c1. The molecule has 3 rings (SSSR count). The zero-order valence-electron chi connectivity index (χ0n) is 15.7. The van der Waals surface area contributed by atoms with Gasteiger partial charge in [0, 0.05) is 43.7 Å². The third-order valence-electron chi connectivity index (χ3n) is 5.45. The third-order valence-corrected chi connectivity index (χ3v) is 5.45. The number of rotatable bonds is 5. The molecule has 0 atom stereocenters. The average Bonchev–Trinajstić information content (AvgIpc) is 2.86. The molecule has 2 aliphatic rings. The van der Waals surface area contributed by atoms with Gasteiger partial charge < -0.3 is 19.3 Å². The van der Waals surface area contributed by atoms with Crippen molar-refractivity contribution in [2.24, 2.45) is 5.92 Å². The average molecular weight is 360 g/mol. The van der Waals surface area contributed by atoms with Crippen molar-refractivity contribution in [3.05, 3.63) is 23.8 Å². The molecule has 0 unspecified atom stereocenters. The molecule has 0 aromatic heterocycles. The summed E-state index contributed by atoms with van der Waals surface area (Å²) in [6.07, 6.45) is 4.34. The van der Waals surface area contributed by atoms with Crippen molar-refractivity contribution in [3.8, 4) is 11.5 Å². The van der Waals surface area contributed by atoms with Crippen LogP contribution >= 0.6 is 0 Å². The molecule has 1 aromatic carbocycles. The first-order valence-corrected chi connectivity index (χ1v) is 9.40. The number of nitrogens with zero attached hydrogens (tertiary/aromatic N) is 2. The summed E-state index contributed by atoms with van der Waals surface area (Å²) in [7, 11) is 3.20. The molecule has 1 heterocycles. The molecule has 0 spiro atoms. The van der Waals surface area contributed by atoms with Crippen molar-refractivity contribution >= 4 is 11.8 Å². The maximum atomic E-state index is 12.8. The van der Waals surface area contributed by atoms with Gasteiger partial charge in [0.25, 0.3) is 0 Å².